The Bertz CT molecular complexity index is 1090. The first-order valence-corrected chi connectivity index (χ1v) is 11.5. The van der Waals surface area contributed by atoms with E-state index >= 15 is 0 Å². The summed E-state index contributed by atoms with van der Waals surface area (Å²) in [5, 5.41) is 0.971. The minimum Gasteiger partial charge on any atom is -0.494 e. The van der Waals surface area contributed by atoms with E-state index < -0.39 is 0 Å². The molecule has 0 spiro atoms. The van der Waals surface area contributed by atoms with Crippen LogP contribution in [0.15, 0.2) is 42.7 Å². The summed E-state index contributed by atoms with van der Waals surface area (Å²) in [7, 11) is 3.24. The molecule has 0 atom stereocenters. The fraction of sp³-hybridized carbons (Fsp3) is 0.423. The van der Waals surface area contributed by atoms with E-state index in [0.29, 0.717) is 36.8 Å². The van der Waals surface area contributed by atoms with Crippen LogP contribution in [0.25, 0.3) is 10.9 Å². The van der Waals surface area contributed by atoms with Crippen molar-refractivity contribution in [2.45, 2.75) is 38.5 Å². The lowest BCUT2D eigenvalue weighted by atomic mass is 9.90. The van der Waals surface area contributed by atoms with E-state index in [-0.39, 0.29) is 11.8 Å². The minimum atomic E-state index is 0.0625. The Kier molecular flexibility index (Phi) is 7.27. The molecule has 33 heavy (non-hydrogen) atoms. The molecule has 1 aliphatic heterocycles. The second kappa shape index (κ2) is 10.5. The van der Waals surface area contributed by atoms with Crippen molar-refractivity contribution in [3.63, 3.8) is 0 Å². The maximum Gasteiger partial charge on any atom is 0.253 e. The van der Waals surface area contributed by atoms with E-state index in [1.807, 2.05) is 41.3 Å². The molecule has 2 aromatic carbocycles. The van der Waals surface area contributed by atoms with Crippen molar-refractivity contribution in [3.8, 4) is 17.2 Å². The molecular weight excluding hydrogens is 418 g/mol. The highest BCUT2D eigenvalue weighted by Crippen LogP contribution is 2.36. The predicted molar refractivity (Wildman–Crippen MR) is 127 cm³/mol. The number of carbonyl (C=O) groups is 1. The standard InChI is InChI=1S/C26H31N3O4/c1-4-5-14-33-20-8-6-19(7-9-20)26(30)29-12-10-18(11-13-29)25-21-15-23(31-2)24(32-3)16-22(21)27-17-28-25/h6-9,15-18H,4-5,10-14H2,1-3H3. The smallest absolute Gasteiger partial charge is 0.253 e. The molecule has 3 aromatic rings. The number of rotatable bonds is 8. The first kappa shape index (κ1) is 22.8. The van der Waals surface area contributed by atoms with Crippen LogP contribution in [0, 0.1) is 0 Å². The fourth-order valence-electron chi connectivity index (χ4n) is 4.30. The third-order valence-electron chi connectivity index (χ3n) is 6.21. The number of ether oxygens (including phenoxy) is 3. The van der Waals surface area contributed by atoms with Crippen molar-refractivity contribution < 1.29 is 19.0 Å². The van der Waals surface area contributed by atoms with Crippen LogP contribution in [0.1, 0.15) is 54.6 Å². The molecule has 1 fully saturated rings. The molecule has 4 rings (SSSR count). The Balaban J connectivity index is 1.43. The Morgan fingerprint density at radius 3 is 2.39 bits per heavy atom. The molecule has 1 aliphatic rings. The van der Waals surface area contributed by atoms with Crippen molar-refractivity contribution in [2.75, 3.05) is 33.9 Å². The van der Waals surface area contributed by atoms with Gasteiger partial charge in [0.05, 0.1) is 32.0 Å². The van der Waals surface area contributed by atoms with Gasteiger partial charge in [0.25, 0.3) is 5.91 Å². The maximum atomic E-state index is 13.0. The zero-order chi connectivity index (χ0) is 23.2. The van der Waals surface area contributed by atoms with Crippen molar-refractivity contribution in [1.29, 1.82) is 0 Å². The van der Waals surface area contributed by atoms with Gasteiger partial charge in [-0.2, -0.15) is 0 Å². The van der Waals surface area contributed by atoms with Crippen LogP contribution in [-0.4, -0.2) is 54.7 Å². The first-order valence-electron chi connectivity index (χ1n) is 11.5. The van der Waals surface area contributed by atoms with E-state index in [4.69, 9.17) is 14.2 Å². The summed E-state index contributed by atoms with van der Waals surface area (Å²) < 4.78 is 16.6. The van der Waals surface area contributed by atoms with Crippen molar-refractivity contribution in [3.05, 3.63) is 54.0 Å². The lowest BCUT2D eigenvalue weighted by Crippen LogP contribution is -2.38. The molecule has 1 saturated heterocycles. The summed E-state index contributed by atoms with van der Waals surface area (Å²) in [6.07, 6.45) is 5.43. The fourth-order valence-corrected chi connectivity index (χ4v) is 4.30. The van der Waals surface area contributed by atoms with Gasteiger partial charge in [-0.05, 0) is 49.6 Å². The highest BCUT2D eigenvalue weighted by atomic mass is 16.5. The van der Waals surface area contributed by atoms with Crippen molar-refractivity contribution in [1.82, 2.24) is 14.9 Å². The summed E-state index contributed by atoms with van der Waals surface area (Å²) in [5.41, 5.74) is 2.53. The van der Waals surface area contributed by atoms with E-state index in [2.05, 4.69) is 16.9 Å². The van der Waals surface area contributed by atoms with Gasteiger partial charge in [-0.3, -0.25) is 4.79 Å². The summed E-state index contributed by atoms with van der Waals surface area (Å²) in [6, 6.07) is 11.3. The van der Waals surface area contributed by atoms with E-state index in [1.165, 1.54) is 0 Å². The first-order chi connectivity index (χ1) is 16.1. The number of hydrogen-bond donors (Lipinski definition) is 0. The molecule has 0 saturated carbocycles. The molecule has 1 aromatic heterocycles. The number of carbonyl (C=O) groups excluding carboxylic acids is 1. The SMILES string of the molecule is CCCCOc1ccc(C(=O)N2CCC(c3ncnc4cc(OC)c(OC)cc34)CC2)cc1. The zero-order valence-electron chi connectivity index (χ0n) is 19.5. The van der Waals surface area contributed by atoms with Gasteiger partial charge < -0.3 is 19.1 Å². The van der Waals surface area contributed by atoms with Gasteiger partial charge >= 0.3 is 0 Å². The average molecular weight is 450 g/mol. The molecule has 7 nitrogen and oxygen atoms in total. The number of amides is 1. The Morgan fingerprint density at radius 2 is 1.73 bits per heavy atom. The van der Waals surface area contributed by atoms with Gasteiger partial charge in [-0.15, -0.1) is 0 Å². The Morgan fingerprint density at radius 1 is 1.03 bits per heavy atom. The van der Waals surface area contributed by atoms with E-state index in [1.54, 1.807) is 20.5 Å². The number of benzene rings is 2. The lowest BCUT2D eigenvalue weighted by Gasteiger charge is -2.32. The van der Waals surface area contributed by atoms with Crippen LogP contribution in [0.3, 0.4) is 0 Å². The van der Waals surface area contributed by atoms with Crippen LogP contribution in [-0.2, 0) is 0 Å². The largest absolute Gasteiger partial charge is 0.494 e. The van der Waals surface area contributed by atoms with Crippen LogP contribution in [0.2, 0.25) is 0 Å². The van der Waals surface area contributed by atoms with Gasteiger partial charge in [-0.1, -0.05) is 13.3 Å². The predicted octanol–water partition coefficient (Wildman–Crippen LogP) is 4.85. The highest BCUT2D eigenvalue weighted by molar-refractivity contribution is 5.94. The van der Waals surface area contributed by atoms with E-state index in [9.17, 15) is 4.79 Å². The lowest BCUT2D eigenvalue weighted by molar-refractivity contribution is 0.0712. The third kappa shape index (κ3) is 5.02. The summed E-state index contributed by atoms with van der Waals surface area (Å²) in [6.45, 7) is 4.22. The second-order valence-corrected chi connectivity index (χ2v) is 8.28. The molecule has 7 heteroatoms. The summed E-state index contributed by atoms with van der Waals surface area (Å²) in [4.78, 5) is 24.0. The molecule has 0 unspecified atom stereocenters. The van der Waals surface area contributed by atoms with E-state index in [0.717, 1.165) is 48.0 Å². The van der Waals surface area contributed by atoms with Gasteiger partial charge in [0.2, 0.25) is 0 Å². The Hall–Kier alpha value is -3.35. The van der Waals surface area contributed by atoms with Crippen LogP contribution >= 0.6 is 0 Å². The average Bonchev–Trinajstić information content (AvgIpc) is 2.87. The minimum absolute atomic E-state index is 0.0625. The summed E-state index contributed by atoms with van der Waals surface area (Å²) >= 11 is 0. The number of unbranched alkanes of at least 4 members (excludes halogenated alkanes) is 1. The monoisotopic (exact) mass is 449 g/mol. The molecular formula is C26H31N3O4. The molecule has 0 bridgehead atoms. The number of hydrogen-bond acceptors (Lipinski definition) is 6. The maximum absolute atomic E-state index is 13.0. The molecule has 174 valence electrons. The molecule has 0 aliphatic carbocycles. The van der Waals surface area contributed by atoms with Crippen LogP contribution in [0.5, 0.6) is 17.2 Å². The second-order valence-electron chi connectivity index (χ2n) is 8.28. The number of methoxy groups -OCH3 is 2. The molecule has 2 heterocycles. The van der Waals surface area contributed by atoms with Crippen LogP contribution in [0.4, 0.5) is 0 Å². The van der Waals surface area contributed by atoms with Gasteiger partial charge in [0, 0.05) is 36.0 Å². The number of fused-ring (bicyclic) bond motifs is 1. The zero-order valence-corrected chi connectivity index (χ0v) is 19.5. The molecule has 0 N–H and O–H groups in total. The van der Waals surface area contributed by atoms with Gasteiger partial charge in [0.1, 0.15) is 12.1 Å². The topological polar surface area (TPSA) is 73.8 Å². The quantitative estimate of drug-likeness (QED) is 0.458. The third-order valence-corrected chi connectivity index (χ3v) is 6.21. The summed E-state index contributed by atoms with van der Waals surface area (Å²) in [5.74, 6) is 2.44. The number of piperidine rings is 1. The van der Waals surface area contributed by atoms with Crippen molar-refractivity contribution >= 4 is 16.8 Å². The normalized spacial score (nSPS) is 14.3. The number of aromatic nitrogens is 2. The Labute approximate surface area is 194 Å². The number of nitrogens with zero attached hydrogens (tertiary/aromatic N) is 3. The van der Waals surface area contributed by atoms with Gasteiger partial charge in [0.15, 0.2) is 11.5 Å². The highest BCUT2D eigenvalue weighted by Gasteiger charge is 2.27. The van der Waals surface area contributed by atoms with Gasteiger partial charge in [-0.25, -0.2) is 9.97 Å². The van der Waals surface area contributed by atoms with Crippen LogP contribution < -0.4 is 14.2 Å². The molecule has 0 radical (unpaired) electrons. The number of likely N-dealkylation sites (tertiary alicyclic amines) is 1. The van der Waals surface area contributed by atoms with Crippen molar-refractivity contribution in [2.24, 2.45) is 0 Å². The molecule has 1 amide bonds.